The van der Waals surface area contributed by atoms with Crippen LogP contribution in [0.5, 0.6) is 0 Å². The minimum Gasteiger partial charge on any atom is -0.320 e. The molecule has 2 rings (SSSR count). The summed E-state index contributed by atoms with van der Waals surface area (Å²) in [5, 5.41) is 2.34. The van der Waals surface area contributed by atoms with Crippen LogP contribution in [0.4, 0.5) is 0 Å². The van der Waals surface area contributed by atoms with Crippen molar-refractivity contribution in [3.8, 4) is 0 Å². The van der Waals surface area contributed by atoms with Gasteiger partial charge in [-0.3, -0.25) is 14.9 Å². The van der Waals surface area contributed by atoms with Crippen LogP contribution in [0.1, 0.15) is 15.9 Å². The van der Waals surface area contributed by atoms with Gasteiger partial charge < -0.3 is 5.73 Å². The standard InChI is InChI=1S/C16H15IN2O2/c17-13-8-4-7-12(10-13)15(20)19-16(21)14(18)9-11-5-2-1-3-6-11/h1-8,10,14H,9,18H2,(H,19,20,21)/t14-/m0/s1. The summed E-state index contributed by atoms with van der Waals surface area (Å²) in [4.78, 5) is 23.9. The van der Waals surface area contributed by atoms with Crippen molar-refractivity contribution < 1.29 is 9.59 Å². The summed E-state index contributed by atoms with van der Waals surface area (Å²) in [5.41, 5.74) is 7.25. The van der Waals surface area contributed by atoms with Crippen LogP contribution >= 0.6 is 22.6 Å². The number of imide groups is 1. The average molecular weight is 394 g/mol. The maximum Gasteiger partial charge on any atom is 0.257 e. The van der Waals surface area contributed by atoms with Gasteiger partial charge in [0.15, 0.2) is 0 Å². The van der Waals surface area contributed by atoms with Crippen LogP contribution in [0.25, 0.3) is 0 Å². The third kappa shape index (κ3) is 4.64. The van der Waals surface area contributed by atoms with E-state index in [0.717, 1.165) is 9.13 Å². The van der Waals surface area contributed by atoms with Crippen LogP contribution < -0.4 is 11.1 Å². The molecule has 0 aliphatic rings. The topological polar surface area (TPSA) is 72.2 Å². The molecule has 0 fully saturated rings. The summed E-state index contributed by atoms with van der Waals surface area (Å²) in [7, 11) is 0. The van der Waals surface area contributed by atoms with E-state index >= 15 is 0 Å². The molecule has 0 radical (unpaired) electrons. The van der Waals surface area contributed by atoms with Gasteiger partial charge >= 0.3 is 0 Å². The van der Waals surface area contributed by atoms with E-state index in [4.69, 9.17) is 5.73 Å². The lowest BCUT2D eigenvalue weighted by molar-refractivity contribution is -0.121. The second-order valence-electron chi connectivity index (χ2n) is 4.62. The number of nitrogens with one attached hydrogen (secondary N) is 1. The van der Waals surface area contributed by atoms with Gasteiger partial charge in [-0.2, -0.15) is 0 Å². The van der Waals surface area contributed by atoms with Gasteiger partial charge in [-0.25, -0.2) is 0 Å². The van der Waals surface area contributed by atoms with Crippen LogP contribution in [0.2, 0.25) is 0 Å². The van der Waals surface area contributed by atoms with Gasteiger partial charge in [0.25, 0.3) is 5.91 Å². The highest BCUT2D eigenvalue weighted by atomic mass is 127. The van der Waals surface area contributed by atoms with E-state index in [1.54, 1.807) is 18.2 Å². The third-order valence-corrected chi connectivity index (χ3v) is 3.63. The van der Waals surface area contributed by atoms with E-state index in [0.29, 0.717) is 12.0 Å². The molecule has 3 N–H and O–H groups in total. The molecule has 0 spiro atoms. The Morgan fingerprint density at radius 1 is 1.10 bits per heavy atom. The first-order valence-electron chi connectivity index (χ1n) is 6.46. The number of hydrogen-bond acceptors (Lipinski definition) is 3. The highest BCUT2D eigenvalue weighted by Gasteiger charge is 2.17. The summed E-state index contributed by atoms with van der Waals surface area (Å²) in [6.45, 7) is 0. The number of hydrogen-bond donors (Lipinski definition) is 2. The second kappa shape index (κ2) is 7.33. The predicted molar refractivity (Wildman–Crippen MR) is 89.8 cm³/mol. The van der Waals surface area contributed by atoms with Crippen LogP contribution in [0.15, 0.2) is 54.6 Å². The van der Waals surface area contributed by atoms with Crippen molar-refractivity contribution >= 4 is 34.4 Å². The normalized spacial score (nSPS) is 11.7. The summed E-state index contributed by atoms with van der Waals surface area (Å²) in [6, 6.07) is 15.7. The van der Waals surface area contributed by atoms with E-state index in [1.807, 2.05) is 36.4 Å². The molecular formula is C16H15IN2O2. The molecule has 0 aromatic heterocycles. The van der Waals surface area contributed by atoms with Gasteiger partial charge in [0.05, 0.1) is 6.04 Å². The van der Waals surface area contributed by atoms with Crippen molar-refractivity contribution in [2.75, 3.05) is 0 Å². The molecule has 0 aliphatic carbocycles. The fourth-order valence-corrected chi connectivity index (χ4v) is 2.41. The maximum absolute atomic E-state index is 12.0. The molecule has 0 saturated heterocycles. The van der Waals surface area contributed by atoms with Gasteiger partial charge in [0, 0.05) is 9.13 Å². The van der Waals surface area contributed by atoms with Gasteiger partial charge in [-0.1, -0.05) is 36.4 Å². The zero-order chi connectivity index (χ0) is 15.2. The molecule has 0 aliphatic heterocycles. The smallest absolute Gasteiger partial charge is 0.257 e. The number of carbonyl (C=O) groups excluding carboxylic acids is 2. The van der Waals surface area contributed by atoms with E-state index in [2.05, 4.69) is 27.9 Å². The molecule has 108 valence electrons. The molecular weight excluding hydrogens is 379 g/mol. The van der Waals surface area contributed by atoms with Gasteiger partial charge in [0.1, 0.15) is 0 Å². The van der Waals surface area contributed by atoms with E-state index in [1.165, 1.54) is 0 Å². The van der Waals surface area contributed by atoms with Gasteiger partial charge in [0.2, 0.25) is 5.91 Å². The number of halogens is 1. The monoisotopic (exact) mass is 394 g/mol. The maximum atomic E-state index is 12.0. The molecule has 2 aromatic rings. The minimum atomic E-state index is -0.751. The second-order valence-corrected chi connectivity index (χ2v) is 5.87. The lowest BCUT2D eigenvalue weighted by atomic mass is 10.1. The van der Waals surface area contributed by atoms with Crippen molar-refractivity contribution in [2.24, 2.45) is 5.73 Å². The summed E-state index contributed by atoms with van der Waals surface area (Å²) < 4.78 is 0.932. The van der Waals surface area contributed by atoms with Crippen molar-refractivity contribution in [2.45, 2.75) is 12.5 Å². The largest absolute Gasteiger partial charge is 0.320 e. The Hall–Kier alpha value is -1.73. The van der Waals surface area contributed by atoms with Gasteiger partial charge in [-0.15, -0.1) is 0 Å². The fourth-order valence-electron chi connectivity index (χ4n) is 1.87. The average Bonchev–Trinajstić information content (AvgIpc) is 2.48. The Bertz CT molecular complexity index is 644. The Kier molecular flexibility index (Phi) is 5.46. The number of amides is 2. The molecule has 4 nitrogen and oxygen atoms in total. The first kappa shape index (κ1) is 15.7. The lowest BCUT2D eigenvalue weighted by Gasteiger charge is -2.11. The predicted octanol–water partition coefficient (Wildman–Crippen LogP) is 2.12. The Morgan fingerprint density at radius 3 is 2.48 bits per heavy atom. The molecule has 1 atom stereocenters. The fraction of sp³-hybridized carbons (Fsp3) is 0.125. The summed E-state index contributed by atoms with van der Waals surface area (Å²) in [5.74, 6) is -0.898. The molecule has 2 amide bonds. The first-order chi connectivity index (χ1) is 10.1. The third-order valence-electron chi connectivity index (χ3n) is 2.96. The molecule has 0 unspecified atom stereocenters. The first-order valence-corrected chi connectivity index (χ1v) is 7.54. The summed E-state index contributed by atoms with van der Waals surface area (Å²) >= 11 is 2.11. The SMILES string of the molecule is N[C@@H](Cc1ccccc1)C(=O)NC(=O)c1cccc(I)c1. The number of carbonyl (C=O) groups is 2. The highest BCUT2D eigenvalue weighted by Crippen LogP contribution is 2.08. The van der Waals surface area contributed by atoms with Crippen LogP contribution in [0.3, 0.4) is 0 Å². The number of nitrogens with two attached hydrogens (primary N) is 1. The quantitative estimate of drug-likeness (QED) is 0.781. The molecule has 21 heavy (non-hydrogen) atoms. The molecule has 5 heteroatoms. The van der Waals surface area contributed by atoms with Crippen molar-refractivity contribution in [1.82, 2.24) is 5.32 Å². The highest BCUT2D eigenvalue weighted by molar-refractivity contribution is 14.1. The zero-order valence-electron chi connectivity index (χ0n) is 11.3. The van der Waals surface area contributed by atoms with E-state index < -0.39 is 17.9 Å². The molecule has 0 saturated carbocycles. The van der Waals surface area contributed by atoms with Crippen molar-refractivity contribution in [3.05, 3.63) is 69.3 Å². The Balaban J connectivity index is 1.96. The van der Waals surface area contributed by atoms with Gasteiger partial charge in [-0.05, 0) is 52.8 Å². The lowest BCUT2D eigenvalue weighted by Crippen LogP contribution is -2.44. The molecule has 0 heterocycles. The molecule has 0 bridgehead atoms. The van der Waals surface area contributed by atoms with E-state index in [-0.39, 0.29) is 0 Å². The van der Waals surface area contributed by atoms with Crippen molar-refractivity contribution in [1.29, 1.82) is 0 Å². The number of rotatable bonds is 4. The van der Waals surface area contributed by atoms with Crippen molar-refractivity contribution in [3.63, 3.8) is 0 Å². The van der Waals surface area contributed by atoms with Crippen LogP contribution in [-0.4, -0.2) is 17.9 Å². The zero-order valence-corrected chi connectivity index (χ0v) is 13.4. The van der Waals surface area contributed by atoms with Crippen LogP contribution in [0, 0.1) is 3.57 Å². The molecule has 2 aromatic carbocycles. The Labute approximate surface area is 136 Å². The number of benzene rings is 2. The van der Waals surface area contributed by atoms with Crippen LogP contribution in [-0.2, 0) is 11.2 Å². The van der Waals surface area contributed by atoms with E-state index in [9.17, 15) is 9.59 Å². The Morgan fingerprint density at radius 2 is 1.81 bits per heavy atom. The minimum absolute atomic E-state index is 0.395. The summed E-state index contributed by atoms with van der Waals surface area (Å²) in [6.07, 6.45) is 0.395.